The van der Waals surface area contributed by atoms with E-state index in [4.69, 9.17) is 0 Å². The van der Waals surface area contributed by atoms with Crippen molar-refractivity contribution in [2.45, 2.75) is 44.6 Å². The molecular formula is C10H20N4O. The second-order valence-corrected chi connectivity index (χ2v) is 4.64. The van der Waals surface area contributed by atoms with Crippen LogP contribution in [0.3, 0.4) is 0 Å². The van der Waals surface area contributed by atoms with E-state index >= 15 is 0 Å². The van der Waals surface area contributed by atoms with E-state index in [0.717, 1.165) is 6.42 Å². The number of rotatable bonds is 1. The maximum absolute atomic E-state index is 11.0. The minimum absolute atomic E-state index is 0.0863. The molecule has 4 N–H and O–H groups in total. The lowest BCUT2D eigenvalue weighted by molar-refractivity contribution is -0.121. The average Bonchev–Trinajstić information content (AvgIpc) is 2.17. The zero-order chi connectivity index (χ0) is 10.8. The molecular weight excluding hydrogens is 192 g/mol. The van der Waals surface area contributed by atoms with E-state index < -0.39 is 0 Å². The molecule has 0 aromatic carbocycles. The summed E-state index contributed by atoms with van der Waals surface area (Å²) in [6, 6.07) is 1.35. The van der Waals surface area contributed by atoms with Crippen LogP contribution in [-0.2, 0) is 4.79 Å². The summed E-state index contributed by atoms with van der Waals surface area (Å²) in [5, 5.41) is 13.1. The highest BCUT2D eigenvalue weighted by Crippen LogP contribution is 2.08. The van der Waals surface area contributed by atoms with Crippen LogP contribution >= 0.6 is 0 Å². The highest BCUT2D eigenvalue weighted by Gasteiger charge is 2.30. The van der Waals surface area contributed by atoms with Crippen molar-refractivity contribution >= 4 is 5.91 Å². The van der Waals surface area contributed by atoms with Gasteiger partial charge in [-0.25, -0.2) is 0 Å². The van der Waals surface area contributed by atoms with E-state index in [-0.39, 0.29) is 18.1 Å². The van der Waals surface area contributed by atoms with Crippen LogP contribution in [0.1, 0.15) is 20.3 Å². The molecule has 0 aliphatic carbocycles. The number of carbonyl (C=O) groups is 1. The van der Waals surface area contributed by atoms with Crippen molar-refractivity contribution in [1.29, 1.82) is 0 Å². The molecule has 0 radical (unpaired) electrons. The average molecular weight is 212 g/mol. The fraction of sp³-hybridized carbons (Fsp3) is 0.900. The van der Waals surface area contributed by atoms with Gasteiger partial charge in [0, 0.05) is 18.6 Å². The molecule has 1 amide bonds. The molecule has 2 rings (SSSR count). The molecule has 0 aromatic rings. The summed E-state index contributed by atoms with van der Waals surface area (Å²) >= 11 is 0. The van der Waals surface area contributed by atoms with Gasteiger partial charge in [0.2, 0.25) is 5.91 Å². The Balaban J connectivity index is 1.89. The van der Waals surface area contributed by atoms with Crippen LogP contribution in [0.4, 0.5) is 0 Å². The normalized spacial score (nSPS) is 42.4. The summed E-state index contributed by atoms with van der Waals surface area (Å²) in [7, 11) is 0. The second-order valence-electron chi connectivity index (χ2n) is 4.64. The van der Waals surface area contributed by atoms with Crippen molar-refractivity contribution in [3.8, 4) is 0 Å². The molecule has 15 heavy (non-hydrogen) atoms. The number of hydrogen-bond donors (Lipinski definition) is 4. The number of nitrogens with one attached hydrogen (secondary N) is 4. The van der Waals surface area contributed by atoms with Crippen LogP contribution in [0.2, 0.25) is 0 Å². The number of piperazine rings is 1. The van der Waals surface area contributed by atoms with Gasteiger partial charge in [-0.1, -0.05) is 0 Å². The van der Waals surface area contributed by atoms with Crippen molar-refractivity contribution in [3.05, 3.63) is 0 Å². The van der Waals surface area contributed by atoms with Gasteiger partial charge >= 0.3 is 0 Å². The Hall–Kier alpha value is -0.650. The Labute approximate surface area is 90.4 Å². The monoisotopic (exact) mass is 212 g/mol. The van der Waals surface area contributed by atoms with Gasteiger partial charge in [-0.2, -0.15) is 0 Å². The van der Waals surface area contributed by atoms with Crippen molar-refractivity contribution in [3.63, 3.8) is 0 Å². The van der Waals surface area contributed by atoms with Gasteiger partial charge in [-0.3, -0.25) is 15.4 Å². The lowest BCUT2D eigenvalue weighted by Crippen LogP contribution is -2.69. The molecule has 2 saturated heterocycles. The molecule has 0 bridgehead atoms. The molecule has 0 aromatic heterocycles. The number of amides is 1. The standard InChI is InChI=1S/C10H20N4O/c1-6-3-7(2)14-10(13-6)8-4-12-9(15)5-11-8/h6-8,10-11,13-14H,3-5H2,1-2H3,(H,12,15). The van der Waals surface area contributed by atoms with Gasteiger partial charge in [0.15, 0.2) is 0 Å². The number of hydrogen-bond acceptors (Lipinski definition) is 4. The fourth-order valence-electron chi connectivity index (χ4n) is 2.38. The van der Waals surface area contributed by atoms with Crippen molar-refractivity contribution in [2.24, 2.45) is 0 Å². The van der Waals surface area contributed by atoms with Crippen LogP contribution in [0.25, 0.3) is 0 Å². The summed E-state index contributed by atoms with van der Waals surface area (Å²) < 4.78 is 0. The Kier molecular flexibility index (Phi) is 3.23. The van der Waals surface area contributed by atoms with Gasteiger partial charge in [0.05, 0.1) is 18.8 Å². The smallest absolute Gasteiger partial charge is 0.234 e. The zero-order valence-corrected chi connectivity index (χ0v) is 9.34. The van der Waals surface area contributed by atoms with E-state index in [2.05, 4.69) is 35.1 Å². The Bertz CT molecular complexity index is 226. The van der Waals surface area contributed by atoms with Crippen molar-refractivity contribution in [2.75, 3.05) is 13.1 Å². The summed E-state index contributed by atoms with van der Waals surface area (Å²) in [5.74, 6) is 0.0863. The molecule has 0 saturated carbocycles. The summed E-state index contributed by atoms with van der Waals surface area (Å²) in [6.45, 7) is 5.52. The minimum Gasteiger partial charge on any atom is -0.353 e. The van der Waals surface area contributed by atoms with Gasteiger partial charge in [-0.15, -0.1) is 0 Å². The van der Waals surface area contributed by atoms with Crippen LogP contribution in [-0.4, -0.2) is 43.3 Å². The minimum atomic E-state index is 0.0863. The Morgan fingerprint density at radius 3 is 2.40 bits per heavy atom. The molecule has 3 atom stereocenters. The summed E-state index contributed by atoms with van der Waals surface area (Å²) in [5.41, 5.74) is 0. The molecule has 2 fully saturated rings. The van der Waals surface area contributed by atoms with E-state index in [1.165, 1.54) is 0 Å². The third kappa shape index (κ3) is 2.68. The molecule has 2 aliphatic rings. The maximum Gasteiger partial charge on any atom is 0.234 e. The second kappa shape index (κ2) is 4.47. The third-order valence-corrected chi connectivity index (χ3v) is 3.08. The highest BCUT2D eigenvalue weighted by molar-refractivity contribution is 5.78. The predicted octanol–water partition coefficient (Wildman–Crippen LogP) is -1.24. The zero-order valence-electron chi connectivity index (χ0n) is 9.34. The van der Waals surface area contributed by atoms with E-state index in [9.17, 15) is 4.79 Å². The summed E-state index contributed by atoms with van der Waals surface area (Å²) in [6.07, 6.45) is 1.40. The molecule has 0 spiro atoms. The van der Waals surface area contributed by atoms with Crippen LogP contribution in [0.5, 0.6) is 0 Å². The molecule has 5 nitrogen and oxygen atoms in total. The number of carbonyl (C=O) groups excluding carboxylic acids is 1. The topological polar surface area (TPSA) is 65.2 Å². The van der Waals surface area contributed by atoms with Gasteiger partial charge in [0.1, 0.15) is 0 Å². The van der Waals surface area contributed by atoms with E-state index in [1.807, 2.05) is 0 Å². The molecule has 2 heterocycles. The first-order chi connectivity index (χ1) is 7.15. The first kappa shape index (κ1) is 10.9. The van der Waals surface area contributed by atoms with Crippen molar-refractivity contribution < 1.29 is 4.79 Å². The first-order valence-electron chi connectivity index (χ1n) is 5.67. The first-order valence-corrected chi connectivity index (χ1v) is 5.67. The maximum atomic E-state index is 11.0. The third-order valence-electron chi connectivity index (χ3n) is 3.08. The van der Waals surface area contributed by atoms with E-state index in [1.54, 1.807) is 0 Å². The Morgan fingerprint density at radius 2 is 1.87 bits per heavy atom. The SMILES string of the molecule is CC1CC(C)NC(C2CNC(=O)CN2)N1. The molecule has 3 unspecified atom stereocenters. The van der Waals surface area contributed by atoms with Gasteiger partial charge in [0.25, 0.3) is 0 Å². The van der Waals surface area contributed by atoms with Crippen LogP contribution < -0.4 is 21.3 Å². The summed E-state index contributed by atoms with van der Waals surface area (Å²) in [4.78, 5) is 11.0. The predicted molar refractivity (Wildman–Crippen MR) is 58.4 cm³/mol. The lowest BCUT2D eigenvalue weighted by Gasteiger charge is -2.40. The van der Waals surface area contributed by atoms with Gasteiger partial charge < -0.3 is 10.6 Å². The Morgan fingerprint density at radius 1 is 1.20 bits per heavy atom. The molecule has 5 heteroatoms. The highest BCUT2D eigenvalue weighted by atomic mass is 16.2. The molecule has 2 aliphatic heterocycles. The quantitative estimate of drug-likeness (QED) is 0.439. The van der Waals surface area contributed by atoms with Gasteiger partial charge in [-0.05, 0) is 20.3 Å². The van der Waals surface area contributed by atoms with E-state index in [0.29, 0.717) is 25.2 Å². The van der Waals surface area contributed by atoms with Crippen LogP contribution in [0.15, 0.2) is 0 Å². The van der Waals surface area contributed by atoms with Crippen LogP contribution in [0, 0.1) is 0 Å². The fourth-order valence-corrected chi connectivity index (χ4v) is 2.38. The largest absolute Gasteiger partial charge is 0.353 e. The van der Waals surface area contributed by atoms with Crippen molar-refractivity contribution in [1.82, 2.24) is 21.3 Å². The molecule has 86 valence electrons. The lowest BCUT2D eigenvalue weighted by atomic mass is 10.0.